The number of halogens is 3. The van der Waals surface area contributed by atoms with Gasteiger partial charge < -0.3 is 0 Å². The second kappa shape index (κ2) is 5.67. The van der Waals surface area contributed by atoms with Crippen molar-refractivity contribution in [3.05, 3.63) is 75.7 Å². The molecule has 0 aliphatic heterocycles. The minimum Gasteiger partial charge on any atom is -0.166 e. The van der Waals surface area contributed by atoms with Gasteiger partial charge in [0.2, 0.25) is 0 Å². The van der Waals surface area contributed by atoms with Gasteiger partial charge in [0.1, 0.15) is 0 Å². The lowest BCUT2D eigenvalue weighted by Gasteiger charge is -2.08. The summed E-state index contributed by atoms with van der Waals surface area (Å²) >= 11 is 0. The molecule has 2 rings (SSSR count). The highest BCUT2D eigenvalue weighted by Crippen LogP contribution is 2.29. The van der Waals surface area contributed by atoms with Gasteiger partial charge in [-0.25, -0.2) is 0 Å². The fraction of sp³-hybridized carbons (Fsp3) is 0.143. The molecule has 0 amide bonds. The van der Waals surface area contributed by atoms with Crippen LogP contribution in [0.25, 0.3) is 10.4 Å². The Morgan fingerprint density at radius 2 is 1.70 bits per heavy atom. The van der Waals surface area contributed by atoms with Gasteiger partial charge >= 0.3 is 6.18 Å². The Morgan fingerprint density at radius 3 is 2.30 bits per heavy atom. The molecule has 0 aliphatic rings. The maximum absolute atomic E-state index is 12.4. The zero-order valence-corrected chi connectivity index (χ0v) is 10.3. The monoisotopic (exact) mass is 277 g/mol. The van der Waals surface area contributed by atoms with Crippen LogP contribution in [0.3, 0.4) is 0 Å². The SMILES string of the molecule is [N-]=[N+]=Nc1cccc(Cc2ccc(C(F)(F)F)cc2)c1. The van der Waals surface area contributed by atoms with Gasteiger partial charge in [-0.1, -0.05) is 35.4 Å². The Balaban J connectivity index is 2.18. The summed E-state index contributed by atoms with van der Waals surface area (Å²) in [6.45, 7) is 0. The molecule has 0 radical (unpaired) electrons. The molecule has 0 saturated carbocycles. The molecule has 0 bridgehead atoms. The van der Waals surface area contributed by atoms with Gasteiger partial charge in [-0.05, 0) is 41.3 Å². The Bertz CT molecular complexity index is 641. The molecule has 0 N–H and O–H groups in total. The summed E-state index contributed by atoms with van der Waals surface area (Å²) in [6.07, 6.45) is -3.84. The molecule has 0 atom stereocenters. The minimum atomic E-state index is -4.32. The molecule has 3 nitrogen and oxygen atoms in total. The summed E-state index contributed by atoms with van der Waals surface area (Å²) in [5, 5.41) is 3.49. The van der Waals surface area contributed by atoms with Crippen molar-refractivity contribution in [2.75, 3.05) is 0 Å². The number of azide groups is 1. The third-order valence-electron chi connectivity index (χ3n) is 2.76. The predicted octanol–water partition coefficient (Wildman–Crippen LogP) is 5.24. The van der Waals surface area contributed by atoms with Crippen LogP contribution in [0, 0.1) is 0 Å². The lowest BCUT2D eigenvalue weighted by atomic mass is 10.0. The number of hydrogen-bond acceptors (Lipinski definition) is 1. The highest BCUT2D eigenvalue weighted by atomic mass is 19.4. The lowest BCUT2D eigenvalue weighted by Crippen LogP contribution is -2.04. The average Bonchev–Trinajstić information content (AvgIpc) is 2.39. The van der Waals surface area contributed by atoms with E-state index in [9.17, 15) is 13.2 Å². The van der Waals surface area contributed by atoms with E-state index in [1.165, 1.54) is 12.1 Å². The zero-order valence-electron chi connectivity index (χ0n) is 10.3. The van der Waals surface area contributed by atoms with Crippen LogP contribution in [0.15, 0.2) is 53.6 Å². The van der Waals surface area contributed by atoms with Gasteiger partial charge in [-0.2, -0.15) is 13.2 Å². The van der Waals surface area contributed by atoms with E-state index in [0.29, 0.717) is 12.1 Å². The molecule has 102 valence electrons. The van der Waals surface area contributed by atoms with Gasteiger partial charge in [-0.3, -0.25) is 0 Å². The van der Waals surface area contributed by atoms with E-state index < -0.39 is 11.7 Å². The quantitative estimate of drug-likeness (QED) is 0.418. The fourth-order valence-corrected chi connectivity index (χ4v) is 1.83. The van der Waals surface area contributed by atoms with Gasteiger partial charge in [0.25, 0.3) is 0 Å². The van der Waals surface area contributed by atoms with E-state index in [1.54, 1.807) is 18.2 Å². The molecule has 0 fully saturated rings. The highest BCUT2D eigenvalue weighted by molar-refractivity contribution is 5.41. The summed E-state index contributed by atoms with van der Waals surface area (Å²) in [4.78, 5) is 2.69. The van der Waals surface area contributed by atoms with Crippen molar-refractivity contribution in [3.63, 3.8) is 0 Å². The van der Waals surface area contributed by atoms with Crippen molar-refractivity contribution in [2.24, 2.45) is 5.11 Å². The molecule has 0 aliphatic carbocycles. The third kappa shape index (κ3) is 3.52. The van der Waals surface area contributed by atoms with Crippen molar-refractivity contribution in [2.45, 2.75) is 12.6 Å². The summed E-state index contributed by atoms with van der Waals surface area (Å²) in [5.74, 6) is 0. The van der Waals surface area contributed by atoms with Crippen molar-refractivity contribution in [1.82, 2.24) is 0 Å². The highest BCUT2D eigenvalue weighted by Gasteiger charge is 2.29. The van der Waals surface area contributed by atoms with Crippen LogP contribution in [0.5, 0.6) is 0 Å². The smallest absolute Gasteiger partial charge is 0.166 e. The second-order valence-corrected chi connectivity index (χ2v) is 4.23. The molecular formula is C14H10F3N3. The number of alkyl halides is 3. The fourth-order valence-electron chi connectivity index (χ4n) is 1.83. The van der Waals surface area contributed by atoms with E-state index in [1.807, 2.05) is 6.07 Å². The second-order valence-electron chi connectivity index (χ2n) is 4.23. The molecule has 0 unspecified atom stereocenters. The minimum absolute atomic E-state index is 0.479. The summed E-state index contributed by atoms with van der Waals surface area (Å²) in [6, 6.07) is 12.0. The van der Waals surface area contributed by atoms with Gasteiger partial charge in [-0.15, -0.1) is 0 Å². The number of rotatable bonds is 3. The molecule has 0 aromatic heterocycles. The first-order valence-electron chi connectivity index (χ1n) is 5.79. The van der Waals surface area contributed by atoms with E-state index >= 15 is 0 Å². The Hall–Kier alpha value is -2.46. The standard InChI is InChI=1S/C14H10F3N3/c15-14(16,17)12-6-4-10(5-7-12)8-11-2-1-3-13(9-11)19-20-18/h1-7,9H,8H2. The van der Waals surface area contributed by atoms with Crippen molar-refractivity contribution in [3.8, 4) is 0 Å². The molecule has 0 spiro atoms. The van der Waals surface area contributed by atoms with Crippen molar-refractivity contribution >= 4 is 5.69 Å². The molecular weight excluding hydrogens is 267 g/mol. The van der Waals surface area contributed by atoms with E-state index in [-0.39, 0.29) is 0 Å². The average molecular weight is 277 g/mol. The third-order valence-corrected chi connectivity index (χ3v) is 2.76. The first-order chi connectivity index (χ1) is 9.49. The van der Waals surface area contributed by atoms with E-state index in [0.717, 1.165) is 23.3 Å². The first kappa shape index (κ1) is 14.0. The summed E-state index contributed by atoms with van der Waals surface area (Å²) < 4.78 is 37.3. The van der Waals surface area contributed by atoms with Crippen LogP contribution in [-0.4, -0.2) is 0 Å². The normalized spacial score (nSPS) is 10.9. The number of hydrogen-bond donors (Lipinski definition) is 0. The summed E-state index contributed by atoms with van der Waals surface area (Å²) in [7, 11) is 0. The van der Waals surface area contributed by atoms with Crippen LogP contribution in [0.2, 0.25) is 0 Å². The lowest BCUT2D eigenvalue weighted by molar-refractivity contribution is -0.137. The predicted molar refractivity (Wildman–Crippen MR) is 69.5 cm³/mol. The molecule has 0 heterocycles. The van der Waals surface area contributed by atoms with Crippen LogP contribution in [-0.2, 0) is 12.6 Å². The maximum Gasteiger partial charge on any atom is 0.416 e. The zero-order chi connectivity index (χ0) is 14.6. The van der Waals surface area contributed by atoms with Crippen LogP contribution >= 0.6 is 0 Å². The van der Waals surface area contributed by atoms with Crippen LogP contribution in [0.1, 0.15) is 16.7 Å². The number of nitrogens with zero attached hydrogens (tertiary/aromatic N) is 3. The Labute approximate surface area is 113 Å². The first-order valence-corrected chi connectivity index (χ1v) is 5.79. The van der Waals surface area contributed by atoms with Crippen LogP contribution in [0.4, 0.5) is 18.9 Å². The van der Waals surface area contributed by atoms with Gasteiger partial charge in [0.15, 0.2) is 0 Å². The Morgan fingerprint density at radius 1 is 1.00 bits per heavy atom. The number of benzene rings is 2. The molecule has 6 heteroatoms. The van der Waals surface area contributed by atoms with E-state index in [4.69, 9.17) is 5.53 Å². The molecule has 2 aromatic rings. The molecule has 20 heavy (non-hydrogen) atoms. The van der Waals surface area contributed by atoms with Crippen LogP contribution < -0.4 is 0 Å². The molecule has 2 aromatic carbocycles. The molecule has 0 saturated heterocycles. The van der Waals surface area contributed by atoms with Crippen molar-refractivity contribution in [1.29, 1.82) is 0 Å². The topological polar surface area (TPSA) is 48.8 Å². The van der Waals surface area contributed by atoms with Crippen molar-refractivity contribution < 1.29 is 13.2 Å². The van der Waals surface area contributed by atoms with E-state index in [2.05, 4.69) is 10.0 Å². The van der Waals surface area contributed by atoms with Gasteiger partial charge in [0.05, 0.1) is 5.56 Å². The Kier molecular flexibility index (Phi) is 3.96. The van der Waals surface area contributed by atoms with Gasteiger partial charge in [0, 0.05) is 10.6 Å². The maximum atomic E-state index is 12.4. The largest absolute Gasteiger partial charge is 0.416 e. The summed E-state index contributed by atoms with van der Waals surface area (Å²) in [5.41, 5.74) is 9.81.